The highest BCUT2D eigenvalue weighted by Crippen LogP contribution is 2.18. The first-order chi connectivity index (χ1) is 9.35. The van der Waals surface area contributed by atoms with Gasteiger partial charge in [-0.3, -0.25) is 0 Å². The number of para-hydroxylation sites is 2. The smallest absolute Gasteiger partial charge is 0.525 e. The van der Waals surface area contributed by atoms with E-state index in [1.165, 1.54) is 0 Å². The Labute approximate surface area is 111 Å². The van der Waals surface area contributed by atoms with Crippen molar-refractivity contribution in [1.29, 1.82) is 10.5 Å². The van der Waals surface area contributed by atoms with Crippen LogP contribution in [0.5, 0.6) is 11.5 Å². The van der Waals surface area contributed by atoms with Gasteiger partial charge in [-0.2, -0.15) is 10.5 Å². The average molecular weight is 247 g/mol. The maximum absolute atomic E-state index is 8.89. The molecule has 2 aromatic rings. The van der Waals surface area contributed by atoms with Crippen molar-refractivity contribution in [1.82, 2.24) is 0 Å². The first kappa shape index (κ1) is 12.5. The number of hydrogen-bond donors (Lipinski definition) is 0. The molecule has 0 atom stereocenters. The largest absolute Gasteiger partial charge is 0.658 e. The molecule has 0 N–H and O–H groups in total. The predicted octanol–water partition coefficient (Wildman–Crippen LogP) is 2.42. The number of benzene rings is 2. The summed E-state index contributed by atoms with van der Waals surface area (Å²) in [5.74, 6) is 0.805. The van der Waals surface area contributed by atoms with Crippen LogP contribution < -0.4 is 9.31 Å². The first-order valence-electron chi connectivity index (χ1n) is 5.48. The Bertz CT molecular complexity index is 601. The van der Waals surface area contributed by atoms with Crippen LogP contribution in [0, 0.1) is 22.7 Å². The van der Waals surface area contributed by atoms with Crippen LogP contribution >= 0.6 is 0 Å². The highest BCUT2D eigenvalue weighted by molar-refractivity contribution is 6.21. The minimum absolute atomic E-state index is 0.402. The highest BCUT2D eigenvalue weighted by atomic mass is 16.6. The van der Waals surface area contributed by atoms with Crippen LogP contribution in [-0.2, 0) is 0 Å². The fourth-order valence-corrected chi connectivity index (χ4v) is 1.45. The summed E-state index contributed by atoms with van der Waals surface area (Å²) < 4.78 is 10.5. The second-order valence-electron chi connectivity index (χ2n) is 3.55. The van der Waals surface area contributed by atoms with Gasteiger partial charge in [0.2, 0.25) is 0 Å². The number of nitriles is 2. The Morgan fingerprint density at radius 3 is 1.58 bits per heavy atom. The molecular formula is C14H8BN2O2. The molecule has 0 aromatic heterocycles. The van der Waals surface area contributed by atoms with Gasteiger partial charge in [0.1, 0.15) is 23.6 Å². The van der Waals surface area contributed by atoms with E-state index in [0.717, 1.165) is 7.69 Å². The van der Waals surface area contributed by atoms with Gasteiger partial charge in [0.15, 0.2) is 0 Å². The molecule has 0 aliphatic rings. The minimum Gasteiger partial charge on any atom is -0.525 e. The monoisotopic (exact) mass is 247 g/mol. The second-order valence-corrected chi connectivity index (χ2v) is 3.55. The Morgan fingerprint density at radius 1 is 0.737 bits per heavy atom. The molecular weight excluding hydrogens is 239 g/mol. The molecule has 0 heterocycles. The SMILES string of the molecule is N#Cc1ccccc1O[B]Oc1ccccc1C#N. The molecule has 0 saturated heterocycles. The third-order valence-corrected chi connectivity index (χ3v) is 2.37. The summed E-state index contributed by atoms with van der Waals surface area (Å²) >= 11 is 0. The van der Waals surface area contributed by atoms with Gasteiger partial charge in [-0.15, -0.1) is 0 Å². The van der Waals surface area contributed by atoms with E-state index in [2.05, 4.69) is 0 Å². The lowest BCUT2D eigenvalue weighted by molar-refractivity contribution is 0.457. The van der Waals surface area contributed by atoms with Crippen LogP contribution in [0.25, 0.3) is 0 Å². The molecule has 0 aliphatic heterocycles. The normalized spacial score (nSPS) is 8.95. The summed E-state index contributed by atoms with van der Waals surface area (Å²) in [6, 6.07) is 17.6. The third kappa shape index (κ3) is 3.05. The van der Waals surface area contributed by atoms with Gasteiger partial charge in [0, 0.05) is 0 Å². The summed E-state index contributed by atoms with van der Waals surface area (Å²) in [6.45, 7) is 0. The molecule has 0 amide bonds. The van der Waals surface area contributed by atoms with E-state index in [4.69, 9.17) is 19.8 Å². The summed E-state index contributed by atoms with van der Waals surface area (Å²) in [7, 11) is 1.10. The van der Waals surface area contributed by atoms with Crippen molar-refractivity contribution in [2.75, 3.05) is 0 Å². The summed E-state index contributed by atoms with van der Waals surface area (Å²) in [5, 5.41) is 17.8. The van der Waals surface area contributed by atoms with Crippen molar-refractivity contribution < 1.29 is 9.31 Å². The molecule has 4 nitrogen and oxygen atoms in total. The van der Waals surface area contributed by atoms with Crippen molar-refractivity contribution in [3.63, 3.8) is 0 Å². The fourth-order valence-electron chi connectivity index (χ4n) is 1.45. The summed E-state index contributed by atoms with van der Waals surface area (Å²) in [5.41, 5.74) is 0.826. The van der Waals surface area contributed by atoms with E-state index in [1.54, 1.807) is 48.5 Å². The molecule has 19 heavy (non-hydrogen) atoms. The zero-order chi connectivity index (χ0) is 13.5. The van der Waals surface area contributed by atoms with E-state index in [1.807, 2.05) is 12.1 Å². The quantitative estimate of drug-likeness (QED) is 0.778. The highest BCUT2D eigenvalue weighted by Gasteiger charge is 2.08. The van der Waals surface area contributed by atoms with E-state index in [9.17, 15) is 0 Å². The van der Waals surface area contributed by atoms with E-state index >= 15 is 0 Å². The first-order valence-corrected chi connectivity index (χ1v) is 5.48. The topological polar surface area (TPSA) is 66.0 Å². The zero-order valence-electron chi connectivity index (χ0n) is 9.91. The van der Waals surface area contributed by atoms with E-state index in [0.29, 0.717) is 22.6 Å². The second kappa shape index (κ2) is 6.14. The molecule has 0 aliphatic carbocycles. The summed E-state index contributed by atoms with van der Waals surface area (Å²) in [4.78, 5) is 0. The lowest BCUT2D eigenvalue weighted by Gasteiger charge is -2.08. The maximum Gasteiger partial charge on any atom is 0.658 e. The van der Waals surface area contributed by atoms with Crippen molar-refractivity contribution in [3.8, 4) is 23.6 Å². The van der Waals surface area contributed by atoms with Gasteiger partial charge in [0.25, 0.3) is 0 Å². The predicted molar refractivity (Wildman–Crippen MR) is 69.3 cm³/mol. The van der Waals surface area contributed by atoms with Gasteiger partial charge in [-0.05, 0) is 24.3 Å². The van der Waals surface area contributed by atoms with Gasteiger partial charge >= 0.3 is 7.69 Å². The molecule has 0 saturated carbocycles. The van der Waals surface area contributed by atoms with Crippen LogP contribution in [0.2, 0.25) is 0 Å². The molecule has 2 aromatic carbocycles. The third-order valence-electron chi connectivity index (χ3n) is 2.37. The standard InChI is InChI=1S/C14H8BN2O2/c16-9-11-5-1-3-7-13(11)18-15-19-14-8-4-2-6-12(14)10-17/h1-8H. The average Bonchev–Trinajstić information content (AvgIpc) is 2.48. The Hall–Kier alpha value is -2.92. The number of nitrogens with zero attached hydrogens (tertiary/aromatic N) is 2. The van der Waals surface area contributed by atoms with Crippen molar-refractivity contribution in [2.24, 2.45) is 0 Å². The van der Waals surface area contributed by atoms with Crippen molar-refractivity contribution >= 4 is 7.69 Å². The van der Waals surface area contributed by atoms with Crippen LogP contribution in [-0.4, -0.2) is 7.69 Å². The van der Waals surface area contributed by atoms with Crippen molar-refractivity contribution in [2.45, 2.75) is 0 Å². The molecule has 0 spiro atoms. The fraction of sp³-hybridized carbons (Fsp3) is 0. The Balaban J connectivity index is 2.01. The lowest BCUT2D eigenvalue weighted by Crippen LogP contribution is -2.12. The summed E-state index contributed by atoms with van der Waals surface area (Å²) in [6.07, 6.45) is 0. The lowest BCUT2D eigenvalue weighted by atomic mass is 10.2. The molecule has 89 valence electrons. The van der Waals surface area contributed by atoms with E-state index in [-0.39, 0.29) is 0 Å². The van der Waals surface area contributed by atoms with Crippen LogP contribution in [0.4, 0.5) is 0 Å². The maximum atomic E-state index is 8.89. The Morgan fingerprint density at radius 2 is 1.16 bits per heavy atom. The van der Waals surface area contributed by atoms with Crippen molar-refractivity contribution in [3.05, 3.63) is 59.7 Å². The number of hydrogen-bond acceptors (Lipinski definition) is 4. The minimum atomic E-state index is 0.402. The van der Waals surface area contributed by atoms with Gasteiger partial charge in [-0.1, -0.05) is 24.3 Å². The van der Waals surface area contributed by atoms with Gasteiger partial charge in [-0.25, -0.2) is 0 Å². The van der Waals surface area contributed by atoms with Crippen LogP contribution in [0.1, 0.15) is 11.1 Å². The van der Waals surface area contributed by atoms with Crippen LogP contribution in [0.3, 0.4) is 0 Å². The molecule has 2 rings (SSSR count). The molecule has 5 heteroatoms. The molecule has 0 bridgehead atoms. The zero-order valence-corrected chi connectivity index (χ0v) is 9.91. The van der Waals surface area contributed by atoms with E-state index < -0.39 is 0 Å². The molecule has 0 unspecified atom stereocenters. The molecule has 1 radical (unpaired) electrons. The number of rotatable bonds is 4. The van der Waals surface area contributed by atoms with Gasteiger partial charge in [0.05, 0.1) is 11.1 Å². The van der Waals surface area contributed by atoms with Crippen LogP contribution in [0.15, 0.2) is 48.5 Å². The van der Waals surface area contributed by atoms with Gasteiger partial charge < -0.3 is 9.31 Å². The molecule has 0 fully saturated rings. The Kier molecular flexibility index (Phi) is 4.05.